The van der Waals surface area contributed by atoms with Gasteiger partial charge in [-0.05, 0) is 47.0 Å². The number of carbonyl (C=O) groups excluding carboxylic acids is 1. The Bertz CT molecular complexity index is 1330. The number of carbonyl (C=O) groups is 1. The molecule has 0 aliphatic carbocycles. The SMILES string of the molecule is COc1ccc(-n2cnc3c2C(=O)C(c2ccc(-c4ccccc4CN)cc2F)NC3)cc1. The van der Waals surface area contributed by atoms with E-state index in [0.717, 1.165) is 28.1 Å². The molecule has 0 spiro atoms. The Hall–Kier alpha value is -3.81. The summed E-state index contributed by atoms with van der Waals surface area (Å²) < 4.78 is 22.2. The summed E-state index contributed by atoms with van der Waals surface area (Å²) >= 11 is 0. The van der Waals surface area contributed by atoms with Gasteiger partial charge in [-0.2, -0.15) is 0 Å². The number of benzene rings is 3. The van der Waals surface area contributed by atoms with Gasteiger partial charge >= 0.3 is 0 Å². The first-order valence-corrected chi connectivity index (χ1v) is 10.7. The largest absolute Gasteiger partial charge is 0.497 e. The fourth-order valence-electron chi connectivity index (χ4n) is 4.30. The summed E-state index contributed by atoms with van der Waals surface area (Å²) in [4.78, 5) is 17.9. The second kappa shape index (κ2) is 8.61. The molecular weight excluding hydrogens is 419 g/mol. The van der Waals surface area contributed by atoms with Crippen LogP contribution in [0.4, 0.5) is 4.39 Å². The molecule has 6 nitrogen and oxygen atoms in total. The number of nitrogens with zero attached hydrogens (tertiary/aromatic N) is 2. The van der Waals surface area contributed by atoms with Gasteiger partial charge in [0.1, 0.15) is 29.6 Å². The van der Waals surface area contributed by atoms with Crippen LogP contribution in [0.5, 0.6) is 5.75 Å². The average Bonchev–Trinajstić information content (AvgIpc) is 3.30. The Kier molecular flexibility index (Phi) is 5.50. The number of halogens is 1. The molecule has 1 atom stereocenters. The van der Waals surface area contributed by atoms with E-state index in [4.69, 9.17) is 10.5 Å². The maximum Gasteiger partial charge on any atom is 0.203 e. The van der Waals surface area contributed by atoms with Gasteiger partial charge in [-0.15, -0.1) is 0 Å². The van der Waals surface area contributed by atoms with Gasteiger partial charge in [0.15, 0.2) is 0 Å². The van der Waals surface area contributed by atoms with E-state index in [9.17, 15) is 4.79 Å². The molecule has 7 heteroatoms. The molecule has 1 unspecified atom stereocenters. The molecule has 0 saturated carbocycles. The van der Waals surface area contributed by atoms with Crippen molar-refractivity contribution in [2.45, 2.75) is 19.1 Å². The lowest BCUT2D eigenvalue weighted by Gasteiger charge is -2.24. The number of methoxy groups -OCH3 is 1. The molecular formula is C26H23FN4O2. The van der Waals surface area contributed by atoms with Gasteiger partial charge < -0.3 is 10.5 Å². The van der Waals surface area contributed by atoms with Crippen molar-refractivity contribution in [2.24, 2.45) is 5.73 Å². The lowest BCUT2D eigenvalue weighted by molar-refractivity contribution is 0.0920. The van der Waals surface area contributed by atoms with E-state index in [1.54, 1.807) is 24.1 Å². The van der Waals surface area contributed by atoms with Crippen molar-refractivity contribution in [2.75, 3.05) is 7.11 Å². The topological polar surface area (TPSA) is 82.2 Å². The molecule has 3 aromatic carbocycles. The van der Waals surface area contributed by atoms with E-state index >= 15 is 4.39 Å². The first-order valence-electron chi connectivity index (χ1n) is 10.7. The number of imidazole rings is 1. The zero-order valence-corrected chi connectivity index (χ0v) is 18.1. The first kappa shape index (κ1) is 21.1. The van der Waals surface area contributed by atoms with Crippen LogP contribution in [0.25, 0.3) is 16.8 Å². The van der Waals surface area contributed by atoms with E-state index in [-0.39, 0.29) is 5.78 Å². The summed E-state index contributed by atoms with van der Waals surface area (Å²) in [7, 11) is 1.60. The highest BCUT2D eigenvalue weighted by Gasteiger charge is 2.34. The Morgan fingerprint density at radius 1 is 1.15 bits per heavy atom. The number of nitrogens with two attached hydrogens (primary N) is 1. The van der Waals surface area contributed by atoms with Crippen molar-refractivity contribution in [1.29, 1.82) is 0 Å². The number of nitrogens with one attached hydrogen (secondary N) is 1. The Morgan fingerprint density at radius 3 is 2.67 bits per heavy atom. The van der Waals surface area contributed by atoms with Crippen LogP contribution in [0.3, 0.4) is 0 Å². The van der Waals surface area contributed by atoms with Crippen LogP contribution in [-0.2, 0) is 13.1 Å². The zero-order chi connectivity index (χ0) is 22.9. The third kappa shape index (κ3) is 3.71. The quantitative estimate of drug-likeness (QED) is 0.485. The van der Waals surface area contributed by atoms with Crippen molar-refractivity contribution in [3.05, 3.63) is 101 Å². The highest BCUT2D eigenvalue weighted by atomic mass is 19.1. The highest BCUT2D eigenvalue weighted by molar-refractivity contribution is 6.01. The number of hydrogen-bond acceptors (Lipinski definition) is 5. The van der Waals surface area contributed by atoms with Gasteiger partial charge in [0.05, 0.1) is 12.8 Å². The van der Waals surface area contributed by atoms with Gasteiger partial charge in [-0.25, -0.2) is 9.37 Å². The van der Waals surface area contributed by atoms with E-state index in [2.05, 4.69) is 10.3 Å². The Labute approximate surface area is 190 Å². The molecule has 0 bridgehead atoms. The fourth-order valence-corrected chi connectivity index (χ4v) is 4.30. The molecule has 166 valence electrons. The van der Waals surface area contributed by atoms with Gasteiger partial charge in [0, 0.05) is 24.3 Å². The number of hydrogen-bond donors (Lipinski definition) is 2. The predicted molar refractivity (Wildman–Crippen MR) is 124 cm³/mol. The maximum absolute atomic E-state index is 15.3. The van der Waals surface area contributed by atoms with Crippen LogP contribution in [-0.4, -0.2) is 22.4 Å². The van der Waals surface area contributed by atoms with Crippen molar-refractivity contribution in [3.63, 3.8) is 0 Å². The standard InChI is InChI=1S/C26H23FN4O2/c1-33-19-9-7-18(8-10-19)31-15-30-23-14-29-24(26(32)25(23)31)21-11-6-16(12-22(21)27)20-5-3-2-4-17(20)13-28/h2-12,15,24,29H,13-14,28H2,1H3. The lowest BCUT2D eigenvalue weighted by Crippen LogP contribution is -2.36. The minimum atomic E-state index is -0.801. The van der Waals surface area contributed by atoms with Gasteiger partial charge in [-0.1, -0.05) is 36.4 Å². The third-order valence-corrected chi connectivity index (χ3v) is 6.02. The number of ketones is 1. The lowest BCUT2D eigenvalue weighted by atomic mass is 9.92. The fraction of sp³-hybridized carbons (Fsp3) is 0.154. The second-order valence-electron chi connectivity index (χ2n) is 7.88. The molecule has 1 aliphatic heterocycles. The summed E-state index contributed by atoms with van der Waals surface area (Å²) in [5, 5.41) is 3.14. The average molecular weight is 442 g/mol. The minimum absolute atomic E-state index is 0.224. The molecule has 33 heavy (non-hydrogen) atoms. The van der Waals surface area contributed by atoms with Gasteiger partial charge in [-0.3, -0.25) is 14.7 Å². The van der Waals surface area contributed by atoms with E-state index in [1.165, 1.54) is 6.07 Å². The summed E-state index contributed by atoms with van der Waals surface area (Å²) in [6, 6.07) is 19.2. The van der Waals surface area contributed by atoms with Crippen LogP contribution >= 0.6 is 0 Å². The Balaban J connectivity index is 1.49. The number of fused-ring (bicyclic) bond motifs is 1. The maximum atomic E-state index is 15.3. The summed E-state index contributed by atoms with van der Waals surface area (Å²) in [6.45, 7) is 0.729. The summed E-state index contributed by atoms with van der Waals surface area (Å²) in [5.74, 6) is 0.0553. The number of aromatic nitrogens is 2. The molecule has 1 aliphatic rings. The molecule has 0 fully saturated rings. The molecule has 1 aromatic heterocycles. The normalized spacial score (nSPS) is 15.4. The van der Waals surface area contributed by atoms with Crippen molar-refractivity contribution in [1.82, 2.24) is 14.9 Å². The third-order valence-electron chi connectivity index (χ3n) is 6.02. The highest BCUT2D eigenvalue weighted by Crippen LogP contribution is 2.32. The Morgan fingerprint density at radius 2 is 1.94 bits per heavy atom. The second-order valence-corrected chi connectivity index (χ2v) is 7.88. The molecule has 5 rings (SSSR count). The molecule has 0 saturated heterocycles. The van der Waals surface area contributed by atoms with Gasteiger partial charge in [0.25, 0.3) is 0 Å². The first-order chi connectivity index (χ1) is 16.1. The van der Waals surface area contributed by atoms with Crippen LogP contribution in [0.1, 0.15) is 33.4 Å². The molecule has 0 radical (unpaired) electrons. The molecule has 4 aromatic rings. The molecule has 2 heterocycles. The van der Waals surface area contributed by atoms with Crippen LogP contribution in [0.15, 0.2) is 73.1 Å². The summed E-state index contributed by atoms with van der Waals surface area (Å²) in [6.07, 6.45) is 1.62. The van der Waals surface area contributed by atoms with E-state index < -0.39 is 11.9 Å². The van der Waals surface area contributed by atoms with Crippen LogP contribution < -0.4 is 15.8 Å². The van der Waals surface area contributed by atoms with E-state index in [1.807, 2.05) is 54.6 Å². The zero-order valence-electron chi connectivity index (χ0n) is 18.1. The number of ether oxygens (including phenoxy) is 1. The van der Waals surface area contributed by atoms with Crippen molar-refractivity contribution < 1.29 is 13.9 Å². The van der Waals surface area contributed by atoms with Crippen LogP contribution in [0, 0.1) is 5.82 Å². The number of rotatable bonds is 5. The smallest absolute Gasteiger partial charge is 0.203 e. The molecule has 0 amide bonds. The monoisotopic (exact) mass is 442 g/mol. The molecule has 3 N–H and O–H groups in total. The predicted octanol–water partition coefficient (Wildman–Crippen LogP) is 4.17. The van der Waals surface area contributed by atoms with E-state index in [0.29, 0.717) is 30.0 Å². The van der Waals surface area contributed by atoms with Gasteiger partial charge in [0.2, 0.25) is 5.78 Å². The summed E-state index contributed by atoms with van der Waals surface area (Å²) in [5.41, 5.74) is 10.6. The van der Waals surface area contributed by atoms with Crippen LogP contribution in [0.2, 0.25) is 0 Å². The number of Topliss-reactive ketones (excluding diaryl/α,β-unsaturated/α-hetero) is 1. The minimum Gasteiger partial charge on any atom is -0.497 e. The van der Waals surface area contributed by atoms with Crippen molar-refractivity contribution in [3.8, 4) is 22.6 Å². The van der Waals surface area contributed by atoms with Crippen molar-refractivity contribution >= 4 is 5.78 Å².